The zero-order valence-corrected chi connectivity index (χ0v) is 5.53. The van der Waals surface area contributed by atoms with Crippen LogP contribution >= 0.6 is 11.3 Å². The van der Waals surface area contributed by atoms with Gasteiger partial charge in [0.05, 0.1) is 11.2 Å². The van der Waals surface area contributed by atoms with Crippen molar-refractivity contribution in [1.29, 1.82) is 0 Å². The van der Waals surface area contributed by atoms with Gasteiger partial charge in [-0.3, -0.25) is 0 Å². The van der Waals surface area contributed by atoms with Gasteiger partial charge in [-0.1, -0.05) is 6.92 Å². The Bertz CT molecular complexity index is 171. The van der Waals surface area contributed by atoms with Gasteiger partial charge in [0.2, 0.25) is 0 Å². The molecule has 0 aromatic carbocycles. The molecule has 8 heavy (non-hydrogen) atoms. The maximum absolute atomic E-state index is 5.51. The molecular weight excluding hydrogens is 120 g/mol. The number of hydrogen-bond donors (Lipinski definition) is 1. The fourth-order valence-corrected chi connectivity index (χ4v) is 1.17. The standard InChI is InChI=1S/C5H8N2S/c1-2-4-5(6)8-3-7-4/h3H,2,6H2,1H3. The monoisotopic (exact) mass is 128 g/mol. The number of anilines is 1. The van der Waals surface area contributed by atoms with Gasteiger partial charge in [-0.25, -0.2) is 4.98 Å². The van der Waals surface area contributed by atoms with Crippen LogP contribution in [0.3, 0.4) is 0 Å². The van der Waals surface area contributed by atoms with E-state index in [0.29, 0.717) is 0 Å². The molecule has 1 aromatic rings. The van der Waals surface area contributed by atoms with E-state index in [2.05, 4.69) is 4.98 Å². The van der Waals surface area contributed by atoms with Crippen LogP contribution < -0.4 is 5.73 Å². The molecule has 0 aliphatic carbocycles. The molecule has 0 fully saturated rings. The van der Waals surface area contributed by atoms with Gasteiger partial charge < -0.3 is 5.73 Å². The number of nitrogens with zero attached hydrogens (tertiary/aromatic N) is 1. The normalized spacial score (nSPS) is 9.62. The number of thiazole rings is 1. The van der Waals surface area contributed by atoms with Crippen molar-refractivity contribution in [1.82, 2.24) is 4.98 Å². The zero-order chi connectivity index (χ0) is 5.98. The molecular formula is C5H8N2S. The van der Waals surface area contributed by atoms with Gasteiger partial charge in [0.15, 0.2) is 0 Å². The molecule has 0 atom stereocenters. The summed E-state index contributed by atoms with van der Waals surface area (Å²) in [6.07, 6.45) is 0.940. The summed E-state index contributed by atoms with van der Waals surface area (Å²) in [5.74, 6) is 0. The van der Waals surface area contributed by atoms with E-state index < -0.39 is 0 Å². The zero-order valence-electron chi connectivity index (χ0n) is 4.72. The molecule has 1 aromatic heterocycles. The highest BCUT2D eigenvalue weighted by atomic mass is 32.1. The van der Waals surface area contributed by atoms with E-state index in [1.54, 1.807) is 5.51 Å². The van der Waals surface area contributed by atoms with Gasteiger partial charge in [-0.05, 0) is 6.42 Å². The number of nitrogens with two attached hydrogens (primary N) is 1. The van der Waals surface area contributed by atoms with Crippen LogP contribution in [0, 0.1) is 0 Å². The molecule has 44 valence electrons. The molecule has 1 rings (SSSR count). The van der Waals surface area contributed by atoms with E-state index in [1.807, 2.05) is 6.92 Å². The smallest absolute Gasteiger partial charge is 0.109 e. The summed E-state index contributed by atoms with van der Waals surface area (Å²) in [5.41, 5.74) is 8.30. The minimum atomic E-state index is 0.854. The Morgan fingerprint density at radius 2 is 2.62 bits per heavy atom. The number of aryl methyl sites for hydroxylation is 1. The van der Waals surface area contributed by atoms with Crippen LogP contribution in [0.25, 0.3) is 0 Å². The van der Waals surface area contributed by atoms with Gasteiger partial charge in [0, 0.05) is 0 Å². The second-order valence-electron chi connectivity index (χ2n) is 1.52. The van der Waals surface area contributed by atoms with Crippen molar-refractivity contribution in [3.63, 3.8) is 0 Å². The van der Waals surface area contributed by atoms with Crippen molar-refractivity contribution < 1.29 is 0 Å². The lowest BCUT2D eigenvalue weighted by atomic mass is 10.4. The van der Waals surface area contributed by atoms with Gasteiger partial charge in [0.1, 0.15) is 5.00 Å². The highest BCUT2D eigenvalue weighted by Gasteiger charge is 1.95. The van der Waals surface area contributed by atoms with Gasteiger partial charge in [-0.15, -0.1) is 11.3 Å². The third-order valence-electron chi connectivity index (χ3n) is 1.01. The van der Waals surface area contributed by atoms with Crippen LogP contribution in [-0.4, -0.2) is 4.98 Å². The summed E-state index contributed by atoms with van der Waals surface area (Å²) in [6, 6.07) is 0. The van der Waals surface area contributed by atoms with Crippen LogP contribution in [0.2, 0.25) is 0 Å². The Balaban J connectivity index is 2.92. The molecule has 2 N–H and O–H groups in total. The van der Waals surface area contributed by atoms with E-state index in [1.165, 1.54) is 11.3 Å². The van der Waals surface area contributed by atoms with E-state index in [9.17, 15) is 0 Å². The highest BCUT2D eigenvalue weighted by molar-refractivity contribution is 7.13. The molecule has 0 radical (unpaired) electrons. The molecule has 0 spiro atoms. The quantitative estimate of drug-likeness (QED) is 0.619. The summed E-state index contributed by atoms with van der Waals surface area (Å²) >= 11 is 1.50. The fraction of sp³-hybridized carbons (Fsp3) is 0.400. The fourth-order valence-electron chi connectivity index (χ4n) is 0.544. The summed E-state index contributed by atoms with van der Waals surface area (Å²) in [6.45, 7) is 2.05. The Hall–Kier alpha value is -0.570. The number of nitrogen functional groups attached to an aromatic ring is 1. The van der Waals surface area contributed by atoms with E-state index in [4.69, 9.17) is 5.73 Å². The Kier molecular flexibility index (Phi) is 1.48. The summed E-state index contributed by atoms with van der Waals surface area (Å²) in [5, 5.41) is 0.854. The molecule has 0 saturated carbocycles. The highest BCUT2D eigenvalue weighted by Crippen LogP contribution is 2.14. The lowest BCUT2D eigenvalue weighted by molar-refractivity contribution is 1.07. The minimum Gasteiger partial charge on any atom is -0.389 e. The van der Waals surface area contributed by atoms with Crippen LogP contribution in [0.5, 0.6) is 0 Å². The molecule has 1 heterocycles. The lowest BCUT2D eigenvalue weighted by Gasteiger charge is -1.86. The van der Waals surface area contributed by atoms with E-state index in [0.717, 1.165) is 17.1 Å². The first-order valence-electron chi connectivity index (χ1n) is 2.52. The predicted molar refractivity (Wildman–Crippen MR) is 35.9 cm³/mol. The van der Waals surface area contributed by atoms with Crippen LogP contribution in [-0.2, 0) is 6.42 Å². The predicted octanol–water partition coefficient (Wildman–Crippen LogP) is 1.29. The number of aromatic nitrogens is 1. The molecule has 0 saturated heterocycles. The summed E-state index contributed by atoms with van der Waals surface area (Å²) in [7, 11) is 0. The first-order valence-corrected chi connectivity index (χ1v) is 3.40. The molecule has 3 heteroatoms. The molecule has 0 unspecified atom stereocenters. The SMILES string of the molecule is CCc1ncsc1N. The molecule has 0 bridgehead atoms. The summed E-state index contributed by atoms with van der Waals surface area (Å²) < 4.78 is 0. The van der Waals surface area contributed by atoms with Crippen LogP contribution in [0.4, 0.5) is 5.00 Å². The second kappa shape index (κ2) is 2.13. The Labute approximate surface area is 52.4 Å². The van der Waals surface area contributed by atoms with Crippen molar-refractivity contribution in [2.24, 2.45) is 0 Å². The first-order chi connectivity index (χ1) is 3.84. The Morgan fingerprint density at radius 3 is 2.88 bits per heavy atom. The van der Waals surface area contributed by atoms with Gasteiger partial charge in [0.25, 0.3) is 0 Å². The van der Waals surface area contributed by atoms with Crippen molar-refractivity contribution in [2.75, 3.05) is 5.73 Å². The van der Waals surface area contributed by atoms with E-state index in [-0.39, 0.29) is 0 Å². The van der Waals surface area contributed by atoms with Gasteiger partial charge >= 0.3 is 0 Å². The lowest BCUT2D eigenvalue weighted by Crippen LogP contribution is -1.86. The van der Waals surface area contributed by atoms with Crippen molar-refractivity contribution in [2.45, 2.75) is 13.3 Å². The van der Waals surface area contributed by atoms with E-state index >= 15 is 0 Å². The Morgan fingerprint density at radius 1 is 1.88 bits per heavy atom. The molecule has 0 aliphatic heterocycles. The third kappa shape index (κ3) is 0.816. The topological polar surface area (TPSA) is 38.9 Å². The maximum Gasteiger partial charge on any atom is 0.109 e. The second-order valence-corrected chi connectivity index (χ2v) is 2.40. The number of hydrogen-bond acceptors (Lipinski definition) is 3. The van der Waals surface area contributed by atoms with Gasteiger partial charge in [-0.2, -0.15) is 0 Å². The van der Waals surface area contributed by atoms with Crippen molar-refractivity contribution in [3.8, 4) is 0 Å². The summed E-state index contributed by atoms with van der Waals surface area (Å²) in [4.78, 5) is 4.03. The molecule has 0 amide bonds. The van der Waals surface area contributed by atoms with Crippen LogP contribution in [0.15, 0.2) is 5.51 Å². The van der Waals surface area contributed by atoms with Crippen molar-refractivity contribution >= 4 is 16.3 Å². The third-order valence-corrected chi connectivity index (χ3v) is 1.71. The molecule has 2 nitrogen and oxygen atoms in total. The average molecular weight is 128 g/mol. The maximum atomic E-state index is 5.51. The largest absolute Gasteiger partial charge is 0.389 e. The minimum absolute atomic E-state index is 0.854. The first kappa shape index (κ1) is 5.56. The average Bonchev–Trinajstić information content (AvgIpc) is 2.14. The van der Waals surface area contributed by atoms with Crippen LogP contribution in [0.1, 0.15) is 12.6 Å². The molecule has 0 aliphatic rings. The van der Waals surface area contributed by atoms with Crippen molar-refractivity contribution in [3.05, 3.63) is 11.2 Å². The number of rotatable bonds is 1.